The van der Waals surface area contributed by atoms with E-state index in [0.717, 1.165) is 12.0 Å². The van der Waals surface area contributed by atoms with Crippen LogP contribution in [0.4, 0.5) is 4.39 Å². The molecule has 2 amide bonds. The Kier molecular flexibility index (Phi) is 7.63. The lowest BCUT2D eigenvalue weighted by Crippen LogP contribution is -2.49. The molecule has 1 aliphatic rings. The highest BCUT2D eigenvalue weighted by atomic mass is 19.1. The number of carbonyl (C=O) groups excluding carboxylic acids is 3. The standard InChI is InChI=1S/C30H36FN3O4/c1-16-15-34(17(2)12-22(16)18(3)20-8-10-21(31)11-9-20)29(36)24-13-23-25(14-26(24)38-7)32-19(4)27(23)28(35)30(37)33(5)6/h8-11,13-14,16-18,22,32H,12,15H2,1-7H3/t16-,17+,18?,22?/m0/s1. The van der Waals surface area contributed by atoms with Crippen LogP contribution in [0.15, 0.2) is 36.4 Å². The Balaban J connectivity index is 1.65. The molecule has 2 unspecified atom stereocenters. The van der Waals surface area contributed by atoms with Crippen molar-refractivity contribution >= 4 is 28.5 Å². The highest BCUT2D eigenvalue weighted by Gasteiger charge is 2.38. The number of piperidine rings is 1. The van der Waals surface area contributed by atoms with Crippen LogP contribution in [0.5, 0.6) is 5.75 Å². The van der Waals surface area contributed by atoms with Crippen LogP contribution in [0.25, 0.3) is 10.9 Å². The number of hydrogen-bond donors (Lipinski definition) is 1. The SMILES string of the molecule is COc1cc2[nH]c(C)c(C(=O)C(=O)N(C)C)c2cc1C(=O)N1C[C@H](C)C(C(C)c2ccc(F)cc2)C[C@H]1C. The Bertz CT molecular complexity index is 1380. The summed E-state index contributed by atoms with van der Waals surface area (Å²) in [4.78, 5) is 45.6. The predicted octanol–water partition coefficient (Wildman–Crippen LogP) is 5.19. The number of ketones is 1. The molecule has 8 heteroatoms. The number of ether oxygens (including phenoxy) is 1. The minimum absolute atomic E-state index is 0.0311. The fourth-order valence-electron chi connectivity index (χ4n) is 5.82. The van der Waals surface area contributed by atoms with Crippen LogP contribution in [0.3, 0.4) is 0 Å². The molecule has 0 aliphatic carbocycles. The number of nitrogens with one attached hydrogen (secondary N) is 1. The van der Waals surface area contributed by atoms with Crippen molar-refractivity contribution in [3.05, 3.63) is 64.6 Å². The van der Waals surface area contributed by atoms with Crippen molar-refractivity contribution in [3.63, 3.8) is 0 Å². The number of carbonyl (C=O) groups is 3. The van der Waals surface area contributed by atoms with Gasteiger partial charge in [0.1, 0.15) is 11.6 Å². The fraction of sp³-hybridized carbons (Fsp3) is 0.433. The van der Waals surface area contributed by atoms with Crippen LogP contribution in [0.2, 0.25) is 0 Å². The van der Waals surface area contributed by atoms with Gasteiger partial charge in [0, 0.05) is 43.8 Å². The van der Waals surface area contributed by atoms with E-state index in [1.165, 1.54) is 38.2 Å². The molecular weight excluding hydrogens is 485 g/mol. The number of nitrogens with zero attached hydrogens (tertiary/aromatic N) is 2. The van der Waals surface area contributed by atoms with Gasteiger partial charge in [-0.2, -0.15) is 0 Å². The molecule has 0 spiro atoms. The maximum Gasteiger partial charge on any atom is 0.294 e. The molecule has 1 aliphatic heterocycles. The first kappa shape index (κ1) is 27.4. The number of amides is 2. The van der Waals surface area contributed by atoms with E-state index in [9.17, 15) is 18.8 Å². The van der Waals surface area contributed by atoms with Gasteiger partial charge in [-0.3, -0.25) is 14.4 Å². The summed E-state index contributed by atoms with van der Waals surface area (Å²) in [7, 11) is 4.58. The summed E-state index contributed by atoms with van der Waals surface area (Å²) in [6, 6.07) is 10.0. The third-order valence-corrected chi connectivity index (χ3v) is 8.02. The van der Waals surface area contributed by atoms with Crippen molar-refractivity contribution in [2.24, 2.45) is 11.8 Å². The maximum atomic E-state index is 13.9. The van der Waals surface area contributed by atoms with E-state index < -0.39 is 11.7 Å². The van der Waals surface area contributed by atoms with E-state index in [1.807, 2.05) is 24.0 Å². The number of aromatic amines is 1. The zero-order chi connectivity index (χ0) is 27.9. The summed E-state index contributed by atoms with van der Waals surface area (Å²) < 4.78 is 19.0. The minimum Gasteiger partial charge on any atom is -0.496 e. The van der Waals surface area contributed by atoms with Crippen LogP contribution in [-0.2, 0) is 4.79 Å². The Hall–Kier alpha value is -3.68. The van der Waals surface area contributed by atoms with Crippen molar-refractivity contribution in [3.8, 4) is 5.75 Å². The van der Waals surface area contributed by atoms with Crippen molar-refractivity contribution < 1.29 is 23.5 Å². The molecule has 0 saturated carbocycles. The zero-order valence-electron chi connectivity index (χ0n) is 23.1. The second-order valence-electron chi connectivity index (χ2n) is 10.8. The number of methoxy groups -OCH3 is 1. The first-order valence-electron chi connectivity index (χ1n) is 13.0. The number of Topliss-reactive ketones (excluding diaryl/α,β-unsaturated/α-hetero) is 1. The van der Waals surface area contributed by atoms with Crippen LogP contribution < -0.4 is 4.74 Å². The van der Waals surface area contributed by atoms with Gasteiger partial charge in [0.15, 0.2) is 0 Å². The second kappa shape index (κ2) is 10.6. The lowest BCUT2D eigenvalue weighted by atomic mass is 9.73. The Morgan fingerprint density at radius 2 is 1.79 bits per heavy atom. The number of H-pyrrole nitrogens is 1. The van der Waals surface area contributed by atoms with E-state index in [0.29, 0.717) is 40.4 Å². The third kappa shape index (κ3) is 4.91. The Morgan fingerprint density at radius 1 is 1.13 bits per heavy atom. The van der Waals surface area contributed by atoms with E-state index in [2.05, 4.69) is 18.8 Å². The molecule has 1 aromatic heterocycles. The molecular formula is C30H36FN3O4. The molecule has 1 fully saturated rings. The summed E-state index contributed by atoms with van der Waals surface area (Å²) >= 11 is 0. The van der Waals surface area contributed by atoms with E-state index in [-0.39, 0.29) is 35.2 Å². The molecule has 4 rings (SSSR count). The highest BCUT2D eigenvalue weighted by molar-refractivity contribution is 6.45. The number of benzene rings is 2. The third-order valence-electron chi connectivity index (χ3n) is 8.02. The monoisotopic (exact) mass is 521 g/mol. The molecule has 4 atom stereocenters. The van der Waals surface area contributed by atoms with Gasteiger partial charge in [0.2, 0.25) is 0 Å². The highest BCUT2D eigenvalue weighted by Crippen LogP contribution is 2.40. The number of halogens is 1. The molecule has 1 N–H and O–H groups in total. The molecule has 7 nitrogen and oxygen atoms in total. The number of hydrogen-bond acceptors (Lipinski definition) is 4. The maximum absolute atomic E-state index is 13.9. The summed E-state index contributed by atoms with van der Waals surface area (Å²) in [5.74, 6) is -0.497. The van der Waals surface area contributed by atoms with Crippen LogP contribution >= 0.6 is 0 Å². The van der Waals surface area contributed by atoms with Gasteiger partial charge in [-0.25, -0.2) is 4.39 Å². The molecule has 38 heavy (non-hydrogen) atoms. The molecule has 2 aromatic carbocycles. The normalized spacial score (nSPS) is 20.3. The zero-order valence-corrected chi connectivity index (χ0v) is 23.1. The summed E-state index contributed by atoms with van der Waals surface area (Å²) in [5, 5.41) is 0.521. The Morgan fingerprint density at radius 3 is 2.39 bits per heavy atom. The van der Waals surface area contributed by atoms with Gasteiger partial charge in [-0.15, -0.1) is 0 Å². The van der Waals surface area contributed by atoms with Crippen molar-refractivity contribution in [2.75, 3.05) is 27.7 Å². The summed E-state index contributed by atoms with van der Waals surface area (Å²) in [6.07, 6.45) is 0.806. The van der Waals surface area contributed by atoms with Crippen molar-refractivity contribution in [1.29, 1.82) is 0 Å². The lowest BCUT2D eigenvalue weighted by Gasteiger charge is -2.44. The molecule has 0 bridgehead atoms. The average Bonchev–Trinajstić information content (AvgIpc) is 3.21. The summed E-state index contributed by atoms with van der Waals surface area (Å²) in [5.41, 5.74) is 2.90. The largest absolute Gasteiger partial charge is 0.496 e. The quantitative estimate of drug-likeness (QED) is 0.358. The van der Waals surface area contributed by atoms with Crippen molar-refractivity contribution in [2.45, 2.75) is 46.1 Å². The number of likely N-dealkylation sites (N-methyl/N-ethyl adjacent to an activating group) is 1. The first-order valence-corrected chi connectivity index (χ1v) is 13.0. The number of aryl methyl sites for hydroxylation is 1. The second-order valence-corrected chi connectivity index (χ2v) is 10.8. The molecule has 0 radical (unpaired) electrons. The van der Waals surface area contributed by atoms with Gasteiger partial charge in [0.05, 0.1) is 23.8 Å². The lowest BCUT2D eigenvalue weighted by molar-refractivity contribution is -0.124. The molecule has 3 aromatic rings. The number of likely N-dealkylation sites (tertiary alicyclic amines) is 1. The average molecular weight is 522 g/mol. The van der Waals surface area contributed by atoms with Crippen LogP contribution in [0, 0.1) is 24.6 Å². The van der Waals surface area contributed by atoms with Gasteiger partial charge in [0.25, 0.3) is 17.6 Å². The smallest absolute Gasteiger partial charge is 0.294 e. The van der Waals surface area contributed by atoms with Crippen LogP contribution in [-0.4, -0.2) is 66.2 Å². The number of aromatic nitrogens is 1. The van der Waals surface area contributed by atoms with Crippen molar-refractivity contribution in [1.82, 2.24) is 14.8 Å². The first-order chi connectivity index (χ1) is 17.9. The topological polar surface area (TPSA) is 82.7 Å². The van der Waals surface area contributed by atoms with E-state index in [1.54, 1.807) is 19.1 Å². The van der Waals surface area contributed by atoms with Crippen LogP contribution in [0.1, 0.15) is 65.1 Å². The molecule has 1 saturated heterocycles. The van der Waals surface area contributed by atoms with E-state index >= 15 is 0 Å². The number of fused-ring (bicyclic) bond motifs is 1. The van der Waals surface area contributed by atoms with Gasteiger partial charge >= 0.3 is 0 Å². The summed E-state index contributed by atoms with van der Waals surface area (Å²) in [6.45, 7) is 8.66. The van der Waals surface area contributed by atoms with Gasteiger partial charge in [-0.05, 0) is 61.8 Å². The fourth-order valence-corrected chi connectivity index (χ4v) is 5.82. The minimum atomic E-state index is -0.627. The predicted molar refractivity (Wildman–Crippen MR) is 145 cm³/mol. The van der Waals surface area contributed by atoms with Gasteiger partial charge in [-0.1, -0.05) is 26.0 Å². The molecule has 2 heterocycles. The van der Waals surface area contributed by atoms with E-state index in [4.69, 9.17) is 4.74 Å². The number of rotatable bonds is 6. The Labute approximate surface area is 222 Å². The molecule has 202 valence electrons. The van der Waals surface area contributed by atoms with Gasteiger partial charge < -0.3 is 19.5 Å².